The molecule has 24 heavy (non-hydrogen) atoms. The van der Waals surface area contributed by atoms with E-state index in [0.29, 0.717) is 23.7 Å². The van der Waals surface area contributed by atoms with E-state index in [2.05, 4.69) is 43.4 Å². The third kappa shape index (κ3) is 4.28. The minimum absolute atomic E-state index is 0.0179. The van der Waals surface area contributed by atoms with Gasteiger partial charge in [0, 0.05) is 5.56 Å². The third-order valence-corrected chi connectivity index (χ3v) is 3.92. The summed E-state index contributed by atoms with van der Waals surface area (Å²) < 4.78 is 10.8. The monoisotopic (exact) mass is 327 g/mol. The van der Waals surface area contributed by atoms with Crippen molar-refractivity contribution in [2.45, 2.75) is 33.2 Å². The lowest BCUT2D eigenvalue weighted by Gasteiger charge is -2.18. The van der Waals surface area contributed by atoms with Crippen LogP contribution in [0.25, 0.3) is 0 Å². The predicted molar refractivity (Wildman–Crippen MR) is 95.8 cm³/mol. The number of methoxy groups -OCH3 is 1. The van der Waals surface area contributed by atoms with Crippen molar-refractivity contribution in [1.82, 2.24) is 5.32 Å². The quantitative estimate of drug-likeness (QED) is 0.825. The maximum atomic E-state index is 12.6. The highest BCUT2D eigenvalue weighted by Crippen LogP contribution is 2.28. The number of aryl methyl sites for hydroxylation is 1. The van der Waals surface area contributed by atoms with Gasteiger partial charge in [-0.2, -0.15) is 0 Å². The molecule has 2 aromatic carbocycles. The topological polar surface area (TPSA) is 47.6 Å². The number of rotatable bonds is 7. The number of hydrogen-bond donors (Lipinski definition) is 1. The van der Waals surface area contributed by atoms with Gasteiger partial charge in [0.15, 0.2) is 11.5 Å². The normalized spacial score (nSPS) is 11.7. The van der Waals surface area contributed by atoms with E-state index in [-0.39, 0.29) is 11.9 Å². The second-order valence-electron chi connectivity index (χ2n) is 5.64. The van der Waals surface area contributed by atoms with Gasteiger partial charge in [0.2, 0.25) is 0 Å². The van der Waals surface area contributed by atoms with E-state index >= 15 is 0 Å². The lowest BCUT2D eigenvalue weighted by atomic mass is 10.0. The highest BCUT2D eigenvalue weighted by molar-refractivity contribution is 5.95. The number of hydrogen-bond acceptors (Lipinski definition) is 3. The molecule has 2 rings (SSSR count). The van der Waals surface area contributed by atoms with Crippen LogP contribution in [0.3, 0.4) is 0 Å². The zero-order valence-corrected chi connectivity index (χ0v) is 14.8. The molecular formula is C20H25NO3. The van der Waals surface area contributed by atoms with E-state index in [1.54, 1.807) is 25.3 Å². The molecule has 4 heteroatoms. The molecule has 0 saturated heterocycles. The second kappa shape index (κ2) is 8.39. The van der Waals surface area contributed by atoms with Crippen LogP contribution < -0.4 is 14.8 Å². The lowest BCUT2D eigenvalue weighted by Crippen LogP contribution is -2.28. The molecule has 0 fully saturated rings. The zero-order valence-electron chi connectivity index (χ0n) is 14.8. The Bertz CT molecular complexity index is 680. The van der Waals surface area contributed by atoms with Gasteiger partial charge < -0.3 is 14.8 Å². The first kappa shape index (κ1) is 17.9. The Labute approximate surface area is 143 Å². The zero-order chi connectivity index (χ0) is 17.5. The number of carbonyl (C=O) groups is 1. The van der Waals surface area contributed by atoms with Crippen LogP contribution in [0.2, 0.25) is 0 Å². The molecule has 1 N–H and O–H groups in total. The molecule has 1 atom stereocenters. The van der Waals surface area contributed by atoms with Gasteiger partial charge in [-0.25, -0.2) is 0 Å². The number of benzene rings is 2. The van der Waals surface area contributed by atoms with Crippen LogP contribution in [0.4, 0.5) is 0 Å². The second-order valence-corrected chi connectivity index (χ2v) is 5.64. The van der Waals surface area contributed by atoms with Crippen molar-refractivity contribution < 1.29 is 14.3 Å². The minimum atomic E-state index is -0.122. The summed E-state index contributed by atoms with van der Waals surface area (Å²) in [5.74, 6) is 1.08. The van der Waals surface area contributed by atoms with Crippen molar-refractivity contribution in [2.24, 2.45) is 0 Å². The largest absolute Gasteiger partial charge is 0.493 e. The molecule has 2 aromatic rings. The minimum Gasteiger partial charge on any atom is -0.493 e. The predicted octanol–water partition coefficient (Wildman–Crippen LogP) is 4.28. The number of amides is 1. The Morgan fingerprint density at radius 2 is 1.79 bits per heavy atom. The van der Waals surface area contributed by atoms with Crippen LogP contribution in [0.5, 0.6) is 11.5 Å². The van der Waals surface area contributed by atoms with Crippen LogP contribution in [-0.2, 0) is 0 Å². The third-order valence-electron chi connectivity index (χ3n) is 3.92. The highest BCUT2D eigenvalue weighted by atomic mass is 16.5. The molecule has 0 radical (unpaired) electrons. The number of ether oxygens (including phenoxy) is 2. The Hall–Kier alpha value is -2.49. The van der Waals surface area contributed by atoms with E-state index in [9.17, 15) is 4.79 Å². The molecule has 0 aliphatic rings. The summed E-state index contributed by atoms with van der Waals surface area (Å²) in [6.07, 6.45) is 0.822. The smallest absolute Gasteiger partial charge is 0.251 e. The van der Waals surface area contributed by atoms with Gasteiger partial charge in [-0.3, -0.25) is 4.79 Å². The van der Waals surface area contributed by atoms with E-state index in [1.807, 2.05) is 6.92 Å². The van der Waals surface area contributed by atoms with Crippen molar-refractivity contribution in [3.05, 3.63) is 59.2 Å². The van der Waals surface area contributed by atoms with Crippen LogP contribution >= 0.6 is 0 Å². The fourth-order valence-electron chi connectivity index (χ4n) is 2.55. The number of carbonyl (C=O) groups excluding carboxylic acids is 1. The van der Waals surface area contributed by atoms with Gasteiger partial charge in [0.25, 0.3) is 5.91 Å². The molecule has 0 aliphatic heterocycles. The van der Waals surface area contributed by atoms with Crippen molar-refractivity contribution in [1.29, 1.82) is 0 Å². The first-order valence-electron chi connectivity index (χ1n) is 8.27. The van der Waals surface area contributed by atoms with Crippen molar-refractivity contribution in [3.8, 4) is 11.5 Å². The van der Waals surface area contributed by atoms with E-state index in [0.717, 1.165) is 12.0 Å². The van der Waals surface area contributed by atoms with Gasteiger partial charge in [0.05, 0.1) is 19.8 Å². The van der Waals surface area contributed by atoms with Gasteiger partial charge in [-0.15, -0.1) is 0 Å². The van der Waals surface area contributed by atoms with Crippen LogP contribution in [0.15, 0.2) is 42.5 Å². The molecule has 0 aromatic heterocycles. The molecule has 0 heterocycles. The first-order chi connectivity index (χ1) is 11.6. The van der Waals surface area contributed by atoms with Crippen LogP contribution in [0, 0.1) is 6.92 Å². The molecule has 0 saturated carbocycles. The summed E-state index contributed by atoms with van der Waals surface area (Å²) in [6.45, 7) is 6.57. The summed E-state index contributed by atoms with van der Waals surface area (Å²) in [5, 5.41) is 3.09. The highest BCUT2D eigenvalue weighted by Gasteiger charge is 2.16. The van der Waals surface area contributed by atoms with Gasteiger partial charge in [0.1, 0.15) is 0 Å². The van der Waals surface area contributed by atoms with Gasteiger partial charge in [-0.05, 0) is 44.0 Å². The van der Waals surface area contributed by atoms with Crippen molar-refractivity contribution in [3.63, 3.8) is 0 Å². The molecule has 0 spiro atoms. The molecule has 4 nitrogen and oxygen atoms in total. The Kier molecular flexibility index (Phi) is 6.24. The fourth-order valence-corrected chi connectivity index (χ4v) is 2.55. The van der Waals surface area contributed by atoms with E-state index < -0.39 is 0 Å². The Balaban J connectivity index is 2.17. The standard InChI is InChI=1S/C20H25NO3/c1-5-17(15-9-7-14(3)8-10-15)21-20(22)16-11-12-18(24-6-2)19(13-16)23-4/h7-13,17H,5-6H2,1-4H3,(H,21,22). The average molecular weight is 327 g/mol. The summed E-state index contributed by atoms with van der Waals surface area (Å²) in [6, 6.07) is 13.5. The average Bonchev–Trinajstić information content (AvgIpc) is 2.61. The number of nitrogens with one attached hydrogen (secondary N) is 1. The first-order valence-corrected chi connectivity index (χ1v) is 8.27. The Morgan fingerprint density at radius 3 is 2.38 bits per heavy atom. The van der Waals surface area contributed by atoms with E-state index in [1.165, 1.54) is 5.56 Å². The summed E-state index contributed by atoms with van der Waals surface area (Å²) in [4.78, 5) is 12.6. The van der Waals surface area contributed by atoms with Crippen LogP contribution in [0.1, 0.15) is 47.8 Å². The molecule has 1 unspecified atom stereocenters. The van der Waals surface area contributed by atoms with Crippen molar-refractivity contribution in [2.75, 3.05) is 13.7 Å². The molecule has 1 amide bonds. The van der Waals surface area contributed by atoms with Crippen LogP contribution in [-0.4, -0.2) is 19.6 Å². The van der Waals surface area contributed by atoms with E-state index in [4.69, 9.17) is 9.47 Å². The van der Waals surface area contributed by atoms with Gasteiger partial charge in [-0.1, -0.05) is 36.8 Å². The summed E-state index contributed by atoms with van der Waals surface area (Å²) in [7, 11) is 1.57. The Morgan fingerprint density at radius 1 is 1.08 bits per heavy atom. The van der Waals surface area contributed by atoms with Gasteiger partial charge >= 0.3 is 0 Å². The lowest BCUT2D eigenvalue weighted by molar-refractivity contribution is 0.0935. The van der Waals surface area contributed by atoms with Crippen molar-refractivity contribution >= 4 is 5.91 Å². The molecular weight excluding hydrogens is 302 g/mol. The SMILES string of the molecule is CCOc1ccc(C(=O)NC(CC)c2ccc(C)cc2)cc1OC. The molecule has 0 bridgehead atoms. The molecule has 0 aliphatic carbocycles. The molecule has 128 valence electrons. The maximum Gasteiger partial charge on any atom is 0.251 e. The summed E-state index contributed by atoms with van der Waals surface area (Å²) >= 11 is 0. The fraction of sp³-hybridized carbons (Fsp3) is 0.350. The maximum absolute atomic E-state index is 12.6. The summed E-state index contributed by atoms with van der Waals surface area (Å²) in [5.41, 5.74) is 2.87.